The van der Waals surface area contributed by atoms with Crippen molar-refractivity contribution in [3.05, 3.63) is 59.4 Å². The van der Waals surface area contributed by atoms with Gasteiger partial charge in [-0.15, -0.1) is 0 Å². The summed E-state index contributed by atoms with van der Waals surface area (Å²) in [7, 11) is 3.54. The van der Waals surface area contributed by atoms with Gasteiger partial charge in [0.1, 0.15) is 5.75 Å². The van der Waals surface area contributed by atoms with Crippen molar-refractivity contribution in [1.29, 1.82) is 0 Å². The Morgan fingerprint density at radius 3 is 2.60 bits per heavy atom. The lowest BCUT2D eigenvalue weighted by molar-refractivity contribution is -0.00878. The maximum absolute atomic E-state index is 5.77. The predicted octanol–water partition coefficient (Wildman–Crippen LogP) is 3.48. The van der Waals surface area contributed by atoms with Gasteiger partial charge in [-0.2, -0.15) is 0 Å². The van der Waals surface area contributed by atoms with E-state index in [0.717, 1.165) is 49.6 Å². The zero-order chi connectivity index (χ0) is 17.6. The summed E-state index contributed by atoms with van der Waals surface area (Å²) in [5, 5.41) is 0. The quantitative estimate of drug-likeness (QED) is 0.806. The molecule has 0 amide bonds. The zero-order valence-corrected chi connectivity index (χ0v) is 15.4. The van der Waals surface area contributed by atoms with Crippen LogP contribution in [0.2, 0.25) is 0 Å². The molecule has 0 N–H and O–H groups in total. The van der Waals surface area contributed by atoms with Gasteiger partial charge >= 0.3 is 0 Å². The average molecular weight is 340 g/mol. The molecule has 1 aromatic heterocycles. The van der Waals surface area contributed by atoms with Gasteiger partial charge in [-0.25, -0.2) is 0 Å². The number of hydrogen-bond donors (Lipinski definition) is 0. The van der Waals surface area contributed by atoms with Crippen molar-refractivity contribution in [1.82, 2.24) is 9.88 Å². The Balaban J connectivity index is 1.65. The number of piperidine rings is 1. The molecule has 0 bridgehead atoms. The second-order valence-corrected chi connectivity index (χ2v) is 6.88. The summed E-state index contributed by atoms with van der Waals surface area (Å²) in [5.41, 5.74) is 3.57. The highest BCUT2D eigenvalue weighted by Crippen LogP contribution is 2.25. The maximum atomic E-state index is 5.77. The van der Waals surface area contributed by atoms with Gasteiger partial charge in [-0.3, -0.25) is 9.88 Å². The molecule has 0 radical (unpaired) electrons. The molecular weight excluding hydrogens is 312 g/mol. The fourth-order valence-electron chi connectivity index (χ4n) is 3.72. The highest BCUT2D eigenvalue weighted by molar-refractivity contribution is 5.27. The Bertz CT molecular complexity index is 672. The molecule has 3 rings (SSSR count). The number of benzene rings is 1. The molecule has 4 heteroatoms. The number of pyridine rings is 1. The molecule has 2 atom stereocenters. The third-order valence-electron chi connectivity index (χ3n) is 5.04. The third kappa shape index (κ3) is 4.80. The van der Waals surface area contributed by atoms with E-state index in [2.05, 4.69) is 34.1 Å². The van der Waals surface area contributed by atoms with Crippen LogP contribution in [0.3, 0.4) is 0 Å². The summed E-state index contributed by atoms with van der Waals surface area (Å²) in [4.78, 5) is 7.15. The summed E-state index contributed by atoms with van der Waals surface area (Å²) >= 11 is 0. The molecule has 0 aliphatic carbocycles. The monoisotopic (exact) mass is 340 g/mol. The van der Waals surface area contributed by atoms with Crippen LogP contribution in [-0.4, -0.2) is 43.3 Å². The molecule has 1 aromatic carbocycles. The average Bonchev–Trinajstić information content (AvgIpc) is 2.63. The van der Waals surface area contributed by atoms with Crippen LogP contribution in [0.4, 0.5) is 0 Å². The number of aryl methyl sites for hydroxylation is 1. The Hall–Kier alpha value is -1.91. The second-order valence-electron chi connectivity index (χ2n) is 6.88. The standard InChI is InChI=1S/C21H28N2O2/c1-16-5-4-6-19(22-16)15-23-12-11-21(25-3)18(14-23)13-17-7-9-20(24-2)10-8-17/h4-10,18,21H,11-15H2,1-3H3/t18-,21+/m0/s1. The number of rotatable bonds is 6. The van der Waals surface area contributed by atoms with E-state index in [1.165, 1.54) is 5.56 Å². The first-order valence-corrected chi connectivity index (χ1v) is 8.98. The topological polar surface area (TPSA) is 34.6 Å². The van der Waals surface area contributed by atoms with Gasteiger partial charge in [-0.1, -0.05) is 18.2 Å². The fraction of sp³-hybridized carbons (Fsp3) is 0.476. The Morgan fingerprint density at radius 1 is 1.12 bits per heavy atom. The predicted molar refractivity (Wildman–Crippen MR) is 99.9 cm³/mol. The van der Waals surface area contributed by atoms with E-state index < -0.39 is 0 Å². The molecule has 1 saturated heterocycles. The van der Waals surface area contributed by atoms with Crippen molar-refractivity contribution in [2.75, 3.05) is 27.3 Å². The molecule has 1 fully saturated rings. The number of methoxy groups -OCH3 is 2. The van der Waals surface area contributed by atoms with Gasteiger partial charge in [-0.05, 0) is 49.6 Å². The number of hydrogen-bond acceptors (Lipinski definition) is 4. The van der Waals surface area contributed by atoms with Gasteiger partial charge in [0, 0.05) is 38.4 Å². The lowest BCUT2D eigenvalue weighted by atomic mass is 9.88. The van der Waals surface area contributed by atoms with Gasteiger partial charge < -0.3 is 9.47 Å². The van der Waals surface area contributed by atoms with E-state index in [-0.39, 0.29) is 0 Å². The van der Waals surface area contributed by atoms with Crippen LogP contribution in [0.5, 0.6) is 5.75 Å². The number of ether oxygens (including phenoxy) is 2. The third-order valence-corrected chi connectivity index (χ3v) is 5.04. The van der Waals surface area contributed by atoms with Crippen LogP contribution < -0.4 is 4.74 Å². The molecule has 2 aromatic rings. The lowest BCUT2D eigenvalue weighted by Gasteiger charge is -2.38. The Morgan fingerprint density at radius 2 is 1.92 bits per heavy atom. The summed E-state index contributed by atoms with van der Waals surface area (Å²) in [6, 6.07) is 14.7. The van der Waals surface area contributed by atoms with Crippen molar-refractivity contribution in [3.63, 3.8) is 0 Å². The molecule has 0 spiro atoms. The van der Waals surface area contributed by atoms with Crippen molar-refractivity contribution >= 4 is 0 Å². The van der Waals surface area contributed by atoms with Crippen molar-refractivity contribution in [2.45, 2.75) is 32.4 Å². The molecule has 2 heterocycles. The highest BCUT2D eigenvalue weighted by Gasteiger charge is 2.29. The van der Waals surface area contributed by atoms with Crippen LogP contribution in [0.25, 0.3) is 0 Å². The molecule has 1 aliphatic rings. The minimum absolute atomic E-state index is 0.323. The van der Waals surface area contributed by atoms with Gasteiger partial charge in [0.2, 0.25) is 0 Å². The van der Waals surface area contributed by atoms with E-state index in [0.29, 0.717) is 12.0 Å². The van der Waals surface area contributed by atoms with Crippen LogP contribution in [0, 0.1) is 12.8 Å². The minimum atomic E-state index is 0.323. The van der Waals surface area contributed by atoms with Crippen molar-refractivity contribution in [3.8, 4) is 5.75 Å². The van der Waals surface area contributed by atoms with Gasteiger partial charge in [0.15, 0.2) is 0 Å². The second kappa shape index (κ2) is 8.45. The van der Waals surface area contributed by atoms with Gasteiger partial charge in [0.25, 0.3) is 0 Å². The summed E-state index contributed by atoms with van der Waals surface area (Å²) in [6.07, 6.45) is 2.42. The molecule has 134 valence electrons. The van der Waals surface area contributed by atoms with E-state index in [9.17, 15) is 0 Å². The first kappa shape index (κ1) is 17.9. The molecule has 4 nitrogen and oxygen atoms in total. The Labute approximate surface area is 150 Å². The molecule has 0 unspecified atom stereocenters. The molecule has 1 aliphatic heterocycles. The van der Waals surface area contributed by atoms with Crippen molar-refractivity contribution < 1.29 is 9.47 Å². The highest BCUT2D eigenvalue weighted by atomic mass is 16.5. The molecule has 25 heavy (non-hydrogen) atoms. The number of aromatic nitrogens is 1. The number of likely N-dealkylation sites (tertiary alicyclic amines) is 1. The fourth-order valence-corrected chi connectivity index (χ4v) is 3.72. The van der Waals surface area contributed by atoms with E-state index >= 15 is 0 Å². The van der Waals surface area contributed by atoms with E-state index in [4.69, 9.17) is 9.47 Å². The summed E-state index contributed by atoms with van der Waals surface area (Å²) in [6.45, 7) is 5.07. The van der Waals surface area contributed by atoms with Crippen LogP contribution in [0.1, 0.15) is 23.4 Å². The SMILES string of the molecule is COc1ccc(C[C@H]2CN(Cc3cccc(C)n3)CC[C@H]2OC)cc1. The Kier molecular flexibility index (Phi) is 6.05. The maximum Gasteiger partial charge on any atom is 0.118 e. The van der Waals surface area contributed by atoms with Crippen molar-refractivity contribution in [2.24, 2.45) is 5.92 Å². The summed E-state index contributed by atoms with van der Waals surface area (Å²) in [5.74, 6) is 1.40. The van der Waals surface area contributed by atoms with E-state index in [1.54, 1.807) is 7.11 Å². The first-order valence-electron chi connectivity index (χ1n) is 8.98. The molecule has 0 saturated carbocycles. The lowest BCUT2D eigenvalue weighted by Crippen LogP contribution is -2.44. The van der Waals surface area contributed by atoms with Crippen LogP contribution in [-0.2, 0) is 17.7 Å². The van der Waals surface area contributed by atoms with E-state index in [1.807, 2.05) is 32.2 Å². The van der Waals surface area contributed by atoms with Crippen LogP contribution >= 0.6 is 0 Å². The molecular formula is C21H28N2O2. The summed E-state index contributed by atoms with van der Waals surface area (Å²) < 4.78 is 11.0. The zero-order valence-electron chi connectivity index (χ0n) is 15.4. The largest absolute Gasteiger partial charge is 0.497 e. The van der Waals surface area contributed by atoms with Crippen LogP contribution in [0.15, 0.2) is 42.5 Å². The smallest absolute Gasteiger partial charge is 0.118 e. The number of nitrogens with zero attached hydrogens (tertiary/aromatic N) is 2. The minimum Gasteiger partial charge on any atom is -0.497 e. The first-order chi connectivity index (χ1) is 12.2. The van der Waals surface area contributed by atoms with Gasteiger partial charge in [0.05, 0.1) is 18.9 Å². The normalized spacial score (nSPS) is 21.2.